The Bertz CT molecular complexity index is 752. The molecular formula is C13H15N3O4S. The molecule has 0 fully saturated rings. The molecule has 112 valence electrons. The Kier molecular flexibility index (Phi) is 4.29. The van der Waals surface area contributed by atoms with Gasteiger partial charge in [-0.1, -0.05) is 6.07 Å². The number of amides is 1. The first-order chi connectivity index (χ1) is 9.92. The third-order valence-corrected chi connectivity index (χ3v) is 4.07. The standard InChI is InChI=1S/C13H15N3O4S/c1-15-21(18,19)12-6-5-11(20-12)8-16-10-4-2-3-9(7-10)13(14)17/h2-7,15-16H,8H2,1H3,(H2,14,17). The number of nitrogens with two attached hydrogens (primary N) is 1. The number of sulfonamides is 1. The molecule has 0 aliphatic rings. The summed E-state index contributed by atoms with van der Waals surface area (Å²) in [5, 5.41) is 2.88. The van der Waals surface area contributed by atoms with Crippen molar-refractivity contribution in [2.75, 3.05) is 12.4 Å². The fraction of sp³-hybridized carbons (Fsp3) is 0.154. The van der Waals surface area contributed by atoms with E-state index in [2.05, 4.69) is 10.0 Å². The van der Waals surface area contributed by atoms with Crippen LogP contribution in [0.15, 0.2) is 45.9 Å². The molecule has 0 unspecified atom stereocenters. The molecule has 21 heavy (non-hydrogen) atoms. The lowest BCUT2D eigenvalue weighted by Gasteiger charge is -2.05. The molecule has 1 aromatic carbocycles. The summed E-state index contributed by atoms with van der Waals surface area (Å²) in [6.45, 7) is 0.279. The van der Waals surface area contributed by atoms with Crippen LogP contribution < -0.4 is 15.8 Å². The van der Waals surface area contributed by atoms with Gasteiger partial charge >= 0.3 is 0 Å². The van der Waals surface area contributed by atoms with Gasteiger partial charge in [0.05, 0.1) is 6.54 Å². The van der Waals surface area contributed by atoms with E-state index in [1.165, 1.54) is 13.1 Å². The number of carbonyl (C=O) groups excluding carboxylic acids is 1. The van der Waals surface area contributed by atoms with Crippen molar-refractivity contribution in [1.82, 2.24) is 4.72 Å². The average molecular weight is 309 g/mol. The Morgan fingerprint density at radius 1 is 1.29 bits per heavy atom. The van der Waals surface area contributed by atoms with Crippen molar-refractivity contribution in [2.24, 2.45) is 5.73 Å². The Hall–Kier alpha value is -2.32. The lowest BCUT2D eigenvalue weighted by Crippen LogP contribution is -2.17. The van der Waals surface area contributed by atoms with Gasteiger partial charge in [-0.3, -0.25) is 4.79 Å². The van der Waals surface area contributed by atoms with Gasteiger partial charge < -0.3 is 15.5 Å². The van der Waals surface area contributed by atoms with Crippen LogP contribution in [0.5, 0.6) is 0 Å². The maximum absolute atomic E-state index is 11.5. The largest absolute Gasteiger partial charge is 0.446 e. The normalized spacial score (nSPS) is 11.3. The average Bonchev–Trinajstić information content (AvgIpc) is 2.95. The zero-order valence-electron chi connectivity index (χ0n) is 11.3. The van der Waals surface area contributed by atoms with Gasteiger partial charge in [0.1, 0.15) is 5.76 Å². The van der Waals surface area contributed by atoms with Gasteiger partial charge in [0.15, 0.2) is 0 Å². The fourth-order valence-electron chi connectivity index (χ4n) is 1.67. The SMILES string of the molecule is CNS(=O)(=O)c1ccc(CNc2cccc(C(N)=O)c2)o1. The predicted octanol–water partition coefficient (Wildman–Crippen LogP) is 0.899. The van der Waals surface area contributed by atoms with Gasteiger partial charge in [-0.2, -0.15) is 0 Å². The second kappa shape index (κ2) is 5.98. The van der Waals surface area contributed by atoms with Gasteiger partial charge in [-0.05, 0) is 37.4 Å². The summed E-state index contributed by atoms with van der Waals surface area (Å²) in [6, 6.07) is 9.62. The van der Waals surface area contributed by atoms with Crippen LogP contribution >= 0.6 is 0 Å². The van der Waals surface area contributed by atoms with Crippen LogP contribution in [0.25, 0.3) is 0 Å². The number of benzene rings is 1. The second-order valence-corrected chi connectivity index (χ2v) is 6.04. The number of nitrogens with one attached hydrogen (secondary N) is 2. The van der Waals surface area contributed by atoms with E-state index in [1.807, 2.05) is 0 Å². The van der Waals surface area contributed by atoms with E-state index >= 15 is 0 Å². The van der Waals surface area contributed by atoms with Gasteiger partial charge in [0.25, 0.3) is 10.0 Å². The third-order valence-electron chi connectivity index (χ3n) is 2.78. The predicted molar refractivity (Wildman–Crippen MR) is 77.2 cm³/mol. The molecule has 7 nitrogen and oxygen atoms in total. The quantitative estimate of drug-likeness (QED) is 0.733. The van der Waals surface area contributed by atoms with Crippen molar-refractivity contribution in [2.45, 2.75) is 11.6 Å². The van der Waals surface area contributed by atoms with Crippen LogP contribution in [0, 0.1) is 0 Å². The highest BCUT2D eigenvalue weighted by atomic mass is 32.2. The molecule has 0 aliphatic heterocycles. The Morgan fingerprint density at radius 3 is 2.71 bits per heavy atom. The van der Waals surface area contributed by atoms with E-state index in [0.717, 1.165) is 0 Å². The molecule has 2 rings (SSSR count). The first-order valence-electron chi connectivity index (χ1n) is 6.08. The van der Waals surface area contributed by atoms with Gasteiger partial charge in [-0.25, -0.2) is 13.1 Å². The zero-order chi connectivity index (χ0) is 15.5. The molecule has 1 heterocycles. The summed E-state index contributed by atoms with van der Waals surface area (Å²) < 4.78 is 30.5. The summed E-state index contributed by atoms with van der Waals surface area (Å²) in [5.41, 5.74) is 6.27. The maximum atomic E-state index is 11.5. The smallest absolute Gasteiger partial charge is 0.273 e. The second-order valence-electron chi connectivity index (χ2n) is 4.23. The summed E-state index contributed by atoms with van der Waals surface area (Å²) in [5.74, 6) is -0.0626. The van der Waals surface area contributed by atoms with E-state index in [-0.39, 0.29) is 11.6 Å². The van der Waals surface area contributed by atoms with Crippen molar-refractivity contribution in [1.29, 1.82) is 0 Å². The molecule has 1 aromatic heterocycles. The molecule has 0 spiro atoms. The van der Waals surface area contributed by atoms with Gasteiger partial charge in [0.2, 0.25) is 11.0 Å². The van der Waals surface area contributed by atoms with Crippen LogP contribution in [0.3, 0.4) is 0 Å². The van der Waals surface area contributed by atoms with E-state index in [9.17, 15) is 13.2 Å². The van der Waals surface area contributed by atoms with Crippen molar-refractivity contribution in [3.63, 3.8) is 0 Å². The molecule has 8 heteroatoms. The Labute approximate surface area is 122 Å². The molecule has 2 aromatic rings. The minimum absolute atomic E-state index is 0.146. The van der Waals surface area contributed by atoms with Crippen LogP contribution in [0.4, 0.5) is 5.69 Å². The van der Waals surface area contributed by atoms with Crippen molar-refractivity contribution in [3.8, 4) is 0 Å². The number of rotatable bonds is 6. The van der Waals surface area contributed by atoms with Crippen molar-refractivity contribution < 1.29 is 17.6 Å². The molecule has 0 radical (unpaired) electrons. The number of hydrogen-bond acceptors (Lipinski definition) is 5. The highest BCUT2D eigenvalue weighted by Gasteiger charge is 2.16. The fourth-order valence-corrected chi connectivity index (χ4v) is 2.33. The van der Waals surface area contributed by atoms with Crippen LogP contribution in [0.2, 0.25) is 0 Å². The van der Waals surface area contributed by atoms with E-state index in [1.54, 1.807) is 30.3 Å². The minimum Gasteiger partial charge on any atom is -0.446 e. The van der Waals surface area contributed by atoms with Crippen molar-refractivity contribution >= 4 is 21.6 Å². The maximum Gasteiger partial charge on any atom is 0.273 e. The zero-order valence-corrected chi connectivity index (χ0v) is 12.1. The summed E-state index contributed by atoms with van der Waals surface area (Å²) in [7, 11) is -2.27. The molecule has 4 N–H and O–H groups in total. The van der Waals surface area contributed by atoms with Crippen molar-refractivity contribution in [3.05, 3.63) is 47.7 Å². The van der Waals surface area contributed by atoms with Crippen LogP contribution in [-0.4, -0.2) is 21.4 Å². The molecule has 0 saturated carbocycles. The molecule has 0 saturated heterocycles. The van der Waals surface area contributed by atoms with Gasteiger partial charge in [-0.15, -0.1) is 0 Å². The minimum atomic E-state index is -3.58. The molecular weight excluding hydrogens is 294 g/mol. The number of furan rings is 1. The Morgan fingerprint density at radius 2 is 2.05 bits per heavy atom. The van der Waals surface area contributed by atoms with Crippen LogP contribution in [0.1, 0.15) is 16.1 Å². The summed E-state index contributed by atoms with van der Waals surface area (Å²) in [4.78, 5) is 11.1. The molecule has 0 aliphatic carbocycles. The number of hydrogen-bond donors (Lipinski definition) is 3. The lowest BCUT2D eigenvalue weighted by atomic mass is 10.2. The first kappa shape index (κ1) is 15.1. The highest BCUT2D eigenvalue weighted by molar-refractivity contribution is 7.89. The van der Waals surface area contributed by atoms with E-state index in [0.29, 0.717) is 17.0 Å². The van der Waals surface area contributed by atoms with E-state index in [4.69, 9.17) is 10.2 Å². The third kappa shape index (κ3) is 3.61. The van der Waals surface area contributed by atoms with E-state index < -0.39 is 15.9 Å². The van der Waals surface area contributed by atoms with Crippen LogP contribution in [-0.2, 0) is 16.6 Å². The molecule has 1 amide bonds. The number of carbonyl (C=O) groups is 1. The number of primary amides is 1. The molecule has 0 atom stereocenters. The van der Waals surface area contributed by atoms with Gasteiger partial charge in [0, 0.05) is 11.3 Å². The lowest BCUT2D eigenvalue weighted by molar-refractivity contribution is 0.100. The topological polar surface area (TPSA) is 114 Å². The molecule has 0 bridgehead atoms. The highest BCUT2D eigenvalue weighted by Crippen LogP contribution is 2.16. The monoisotopic (exact) mass is 309 g/mol. The Balaban J connectivity index is 2.07. The summed E-state index contributed by atoms with van der Waals surface area (Å²) >= 11 is 0. The summed E-state index contributed by atoms with van der Waals surface area (Å²) in [6.07, 6.45) is 0. The first-order valence-corrected chi connectivity index (χ1v) is 7.56. The number of anilines is 1.